The highest BCUT2D eigenvalue weighted by atomic mass is 16.3. The number of fused-ring (bicyclic) bond motifs is 1. The van der Waals surface area contributed by atoms with Crippen LogP contribution in [0.3, 0.4) is 0 Å². The molecule has 96 valence electrons. The van der Waals surface area contributed by atoms with Gasteiger partial charge in [0.15, 0.2) is 0 Å². The SMILES string of the molecule is Cn1cnc2cccc(C(O)Cc3ccccn3)c21. The molecule has 0 aliphatic carbocycles. The minimum Gasteiger partial charge on any atom is -0.388 e. The number of rotatable bonds is 3. The van der Waals surface area contributed by atoms with E-state index in [2.05, 4.69) is 9.97 Å². The maximum atomic E-state index is 10.4. The van der Waals surface area contributed by atoms with Crippen LogP contribution in [0.4, 0.5) is 0 Å². The smallest absolute Gasteiger partial charge is 0.0955 e. The van der Waals surface area contributed by atoms with Gasteiger partial charge in [-0.15, -0.1) is 0 Å². The lowest BCUT2D eigenvalue weighted by atomic mass is 10.0. The molecule has 0 saturated heterocycles. The molecule has 0 aliphatic heterocycles. The van der Waals surface area contributed by atoms with Gasteiger partial charge in [-0.05, 0) is 18.2 Å². The predicted octanol–water partition coefficient (Wildman–Crippen LogP) is 2.24. The van der Waals surface area contributed by atoms with E-state index in [-0.39, 0.29) is 0 Å². The Morgan fingerprint density at radius 2 is 2.05 bits per heavy atom. The first-order valence-electron chi connectivity index (χ1n) is 6.23. The first-order valence-corrected chi connectivity index (χ1v) is 6.23. The summed E-state index contributed by atoms with van der Waals surface area (Å²) in [6.45, 7) is 0. The molecular weight excluding hydrogens is 238 g/mol. The molecule has 1 N–H and O–H groups in total. The third-order valence-corrected chi connectivity index (χ3v) is 3.26. The minimum absolute atomic E-state index is 0.505. The summed E-state index contributed by atoms with van der Waals surface area (Å²) in [5.74, 6) is 0. The zero-order valence-electron chi connectivity index (χ0n) is 10.7. The second-order valence-corrected chi connectivity index (χ2v) is 4.61. The van der Waals surface area contributed by atoms with E-state index < -0.39 is 6.10 Å². The third kappa shape index (κ3) is 2.22. The van der Waals surface area contributed by atoms with Crippen molar-refractivity contribution in [1.29, 1.82) is 0 Å². The first-order chi connectivity index (χ1) is 9.25. The number of aryl methyl sites for hydroxylation is 1. The summed E-state index contributed by atoms with van der Waals surface area (Å²) in [7, 11) is 1.94. The van der Waals surface area contributed by atoms with Crippen molar-refractivity contribution in [2.45, 2.75) is 12.5 Å². The quantitative estimate of drug-likeness (QED) is 0.779. The predicted molar refractivity (Wildman–Crippen MR) is 73.6 cm³/mol. The fraction of sp³-hybridized carbons (Fsp3) is 0.200. The molecule has 3 rings (SSSR count). The second-order valence-electron chi connectivity index (χ2n) is 4.61. The molecule has 0 aliphatic rings. The van der Waals surface area contributed by atoms with Gasteiger partial charge in [-0.2, -0.15) is 0 Å². The molecule has 2 aromatic heterocycles. The number of aliphatic hydroxyl groups excluding tert-OH is 1. The Kier molecular flexibility index (Phi) is 3.01. The first kappa shape index (κ1) is 11.9. The number of aliphatic hydroxyl groups is 1. The summed E-state index contributed by atoms with van der Waals surface area (Å²) in [5.41, 5.74) is 3.66. The average molecular weight is 253 g/mol. The zero-order chi connectivity index (χ0) is 13.2. The highest BCUT2D eigenvalue weighted by Crippen LogP contribution is 2.25. The van der Waals surface area contributed by atoms with Crippen molar-refractivity contribution in [1.82, 2.24) is 14.5 Å². The van der Waals surface area contributed by atoms with Crippen LogP contribution in [-0.4, -0.2) is 19.6 Å². The van der Waals surface area contributed by atoms with Gasteiger partial charge in [0, 0.05) is 30.9 Å². The molecule has 3 aromatic rings. The molecule has 1 aromatic carbocycles. The van der Waals surface area contributed by atoms with Gasteiger partial charge < -0.3 is 9.67 Å². The number of imidazole rings is 1. The number of hydrogen-bond donors (Lipinski definition) is 1. The van der Waals surface area contributed by atoms with Crippen molar-refractivity contribution in [2.75, 3.05) is 0 Å². The Morgan fingerprint density at radius 3 is 2.84 bits per heavy atom. The van der Waals surface area contributed by atoms with Crippen molar-refractivity contribution in [3.63, 3.8) is 0 Å². The van der Waals surface area contributed by atoms with Gasteiger partial charge in [0.25, 0.3) is 0 Å². The zero-order valence-corrected chi connectivity index (χ0v) is 10.7. The molecule has 0 spiro atoms. The van der Waals surface area contributed by atoms with Crippen molar-refractivity contribution >= 4 is 11.0 Å². The summed E-state index contributed by atoms with van der Waals surface area (Å²) in [6.07, 6.45) is 3.44. The van der Waals surface area contributed by atoms with E-state index in [9.17, 15) is 5.11 Å². The van der Waals surface area contributed by atoms with Crippen LogP contribution in [0.25, 0.3) is 11.0 Å². The van der Waals surface area contributed by atoms with Crippen molar-refractivity contribution in [3.05, 3.63) is 60.2 Å². The van der Waals surface area contributed by atoms with Crippen LogP contribution >= 0.6 is 0 Å². The van der Waals surface area contributed by atoms with Crippen molar-refractivity contribution < 1.29 is 5.11 Å². The molecule has 0 bridgehead atoms. The van der Waals surface area contributed by atoms with Crippen molar-refractivity contribution in [2.24, 2.45) is 7.05 Å². The molecule has 1 atom stereocenters. The van der Waals surface area contributed by atoms with Gasteiger partial charge in [-0.1, -0.05) is 18.2 Å². The van der Waals surface area contributed by atoms with Crippen LogP contribution in [0.2, 0.25) is 0 Å². The number of para-hydroxylation sites is 1. The minimum atomic E-state index is -0.575. The number of nitrogens with zero attached hydrogens (tertiary/aromatic N) is 3. The Labute approximate surface area is 111 Å². The Bertz CT molecular complexity index is 691. The van der Waals surface area contributed by atoms with Crippen LogP contribution in [0, 0.1) is 0 Å². The molecule has 19 heavy (non-hydrogen) atoms. The summed E-state index contributed by atoms with van der Waals surface area (Å²) < 4.78 is 1.94. The topological polar surface area (TPSA) is 50.9 Å². The molecule has 0 amide bonds. The molecule has 0 fully saturated rings. The van der Waals surface area contributed by atoms with E-state index in [1.54, 1.807) is 12.5 Å². The van der Waals surface area contributed by atoms with Crippen LogP contribution in [0.15, 0.2) is 48.9 Å². The lowest BCUT2D eigenvalue weighted by molar-refractivity contribution is 0.178. The van der Waals surface area contributed by atoms with Gasteiger partial charge >= 0.3 is 0 Å². The Hall–Kier alpha value is -2.20. The Morgan fingerprint density at radius 1 is 1.16 bits per heavy atom. The average Bonchev–Trinajstić information content (AvgIpc) is 2.82. The van der Waals surface area contributed by atoms with E-state index in [0.717, 1.165) is 22.3 Å². The number of pyridine rings is 1. The fourth-order valence-electron chi connectivity index (χ4n) is 2.34. The molecule has 4 heteroatoms. The van der Waals surface area contributed by atoms with E-state index in [1.807, 2.05) is 48.0 Å². The summed E-state index contributed by atoms with van der Waals surface area (Å²) in [4.78, 5) is 8.56. The van der Waals surface area contributed by atoms with Crippen LogP contribution in [0.5, 0.6) is 0 Å². The normalized spacial score (nSPS) is 12.7. The lowest BCUT2D eigenvalue weighted by Gasteiger charge is -2.12. The molecule has 4 nitrogen and oxygen atoms in total. The van der Waals surface area contributed by atoms with Crippen LogP contribution < -0.4 is 0 Å². The largest absolute Gasteiger partial charge is 0.388 e. The summed E-state index contributed by atoms with van der Waals surface area (Å²) in [5, 5.41) is 10.4. The number of hydrogen-bond acceptors (Lipinski definition) is 3. The van der Waals surface area contributed by atoms with Gasteiger partial charge in [0.05, 0.1) is 23.5 Å². The van der Waals surface area contributed by atoms with E-state index in [4.69, 9.17) is 0 Å². The van der Waals surface area contributed by atoms with E-state index >= 15 is 0 Å². The van der Waals surface area contributed by atoms with Gasteiger partial charge in [-0.3, -0.25) is 4.98 Å². The van der Waals surface area contributed by atoms with Gasteiger partial charge in [-0.25, -0.2) is 4.98 Å². The van der Waals surface area contributed by atoms with Crippen LogP contribution in [0.1, 0.15) is 17.4 Å². The standard InChI is InChI=1S/C15H15N3O/c1-18-10-17-13-7-4-6-12(15(13)18)14(19)9-11-5-2-3-8-16-11/h2-8,10,14,19H,9H2,1H3. The highest BCUT2D eigenvalue weighted by molar-refractivity contribution is 5.79. The third-order valence-electron chi connectivity index (χ3n) is 3.26. The molecule has 0 saturated carbocycles. The van der Waals surface area contributed by atoms with Gasteiger partial charge in [0.1, 0.15) is 0 Å². The van der Waals surface area contributed by atoms with Gasteiger partial charge in [0.2, 0.25) is 0 Å². The maximum Gasteiger partial charge on any atom is 0.0955 e. The summed E-state index contributed by atoms with van der Waals surface area (Å²) in [6, 6.07) is 11.5. The highest BCUT2D eigenvalue weighted by Gasteiger charge is 2.14. The fourth-order valence-corrected chi connectivity index (χ4v) is 2.34. The molecule has 0 radical (unpaired) electrons. The second kappa shape index (κ2) is 4.82. The molecule has 1 unspecified atom stereocenters. The lowest BCUT2D eigenvalue weighted by Crippen LogP contribution is -2.05. The van der Waals surface area contributed by atoms with E-state index in [1.165, 1.54) is 0 Å². The Balaban J connectivity index is 1.98. The molecular formula is C15H15N3O. The number of aromatic nitrogens is 3. The molecule has 2 heterocycles. The van der Waals surface area contributed by atoms with Crippen molar-refractivity contribution in [3.8, 4) is 0 Å². The maximum absolute atomic E-state index is 10.4. The van der Waals surface area contributed by atoms with Crippen LogP contribution in [-0.2, 0) is 13.5 Å². The number of benzene rings is 1. The monoisotopic (exact) mass is 253 g/mol. The summed E-state index contributed by atoms with van der Waals surface area (Å²) >= 11 is 0. The van der Waals surface area contributed by atoms with E-state index in [0.29, 0.717) is 6.42 Å².